The molecule has 1 aromatic carbocycles. The lowest BCUT2D eigenvalue weighted by atomic mass is 9.85. The molecule has 1 fully saturated rings. The SMILES string of the molecule is CC(C)=CC[C@@H](OC(=O)CCC(=O)N1CCCC1)C1=CC(=O)c2c(O)ccc(O)c2C1=O. The van der Waals surface area contributed by atoms with E-state index in [0.717, 1.165) is 36.6 Å². The van der Waals surface area contributed by atoms with Gasteiger partial charge in [0.15, 0.2) is 11.6 Å². The maximum atomic E-state index is 13.1. The van der Waals surface area contributed by atoms with Crippen LogP contribution in [0, 0.1) is 0 Å². The summed E-state index contributed by atoms with van der Waals surface area (Å²) in [6.07, 6.45) is 3.67. The number of ketones is 2. The van der Waals surface area contributed by atoms with Gasteiger partial charge in [-0.3, -0.25) is 19.2 Å². The van der Waals surface area contributed by atoms with Crippen molar-refractivity contribution >= 4 is 23.4 Å². The first-order chi connectivity index (χ1) is 15.2. The van der Waals surface area contributed by atoms with Gasteiger partial charge in [0, 0.05) is 31.5 Å². The third kappa shape index (κ3) is 5.07. The van der Waals surface area contributed by atoms with E-state index < -0.39 is 35.1 Å². The predicted octanol–water partition coefficient (Wildman–Crippen LogP) is 3.07. The van der Waals surface area contributed by atoms with Gasteiger partial charge in [0.25, 0.3) is 0 Å². The van der Waals surface area contributed by atoms with Crippen LogP contribution in [0.5, 0.6) is 11.5 Å². The van der Waals surface area contributed by atoms with Crippen molar-refractivity contribution in [3.63, 3.8) is 0 Å². The molecule has 2 N–H and O–H groups in total. The van der Waals surface area contributed by atoms with Crippen LogP contribution in [0.2, 0.25) is 0 Å². The lowest BCUT2D eigenvalue weighted by Crippen LogP contribution is -2.30. The van der Waals surface area contributed by atoms with Crippen LogP contribution in [0.3, 0.4) is 0 Å². The van der Waals surface area contributed by atoms with Crippen LogP contribution in [-0.2, 0) is 14.3 Å². The van der Waals surface area contributed by atoms with E-state index in [9.17, 15) is 29.4 Å². The van der Waals surface area contributed by atoms with Gasteiger partial charge in [-0.15, -0.1) is 0 Å². The average molecular weight is 441 g/mol. The molecule has 1 aromatic rings. The van der Waals surface area contributed by atoms with Crippen LogP contribution in [0.15, 0.2) is 35.4 Å². The number of phenols is 2. The van der Waals surface area contributed by atoms with E-state index in [0.29, 0.717) is 13.1 Å². The molecule has 32 heavy (non-hydrogen) atoms. The van der Waals surface area contributed by atoms with E-state index in [-0.39, 0.29) is 41.9 Å². The summed E-state index contributed by atoms with van der Waals surface area (Å²) in [4.78, 5) is 52.1. The Labute approximate surface area is 186 Å². The summed E-state index contributed by atoms with van der Waals surface area (Å²) in [5.41, 5.74) is 0.253. The fourth-order valence-electron chi connectivity index (χ4n) is 3.85. The second-order valence-corrected chi connectivity index (χ2v) is 8.23. The first-order valence-electron chi connectivity index (χ1n) is 10.6. The Kier molecular flexibility index (Phi) is 7.12. The Morgan fingerprint density at radius 1 is 1.06 bits per heavy atom. The van der Waals surface area contributed by atoms with Crippen molar-refractivity contribution in [2.24, 2.45) is 0 Å². The lowest BCUT2D eigenvalue weighted by Gasteiger charge is -2.23. The van der Waals surface area contributed by atoms with E-state index in [4.69, 9.17) is 4.74 Å². The Hall–Kier alpha value is -3.42. The van der Waals surface area contributed by atoms with Crippen LogP contribution in [0.4, 0.5) is 0 Å². The van der Waals surface area contributed by atoms with Crippen LogP contribution >= 0.6 is 0 Å². The van der Waals surface area contributed by atoms with Gasteiger partial charge in [-0.25, -0.2) is 0 Å². The number of Topliss-reactive ketones (excluding diaryl/α,β-unsaturated/α-hetero) is 1. The highest BCUT2D eigenvalue weighted by molar-refractivity contribution is 6.27. The summed E-state index contributed by atoms with van der Waals surface area (Å²) >= 11 is 0. The monoisotopic (exact) mass is 441 g/mol. The molecule has 1 aliphatic carbocycles. The van der Waals surface area contributed by atoms with E-state index in [2.05, 4.69) is 0 Å². The lowest BCUT2D eigenvalue weighted by molar-refractivity contribution is -0.149. The van der Waals surface area contributed by atoms with Gasteiger partial charge in [-0.05, 0) is 44.9 Å². The van der Waals surface area contributed by atoms with Crippen LogP contribution in [0.25, 0.3) is 0 Å². The highest BCUT2D eigenvalue weighted by atomic mass is 16.5. The van der Waals surface area contributed by atoms with Crippen molar-refractivity contribution in [3.05, 3.63) is 46.6 Å². The number of hydrogen-bond acceptors (Lipinski definition) is 7. The standard InChI is InChI=1S/C24H27NO7/c1-14(2)5-8-19(32-21(30)10-9-20(29)25-11-3-4-12-25)15-13-18(28)22-16(26)6-7-17(27)23(22)24(15)31/h5-7,13,19,26-27H,3-4,8-12H2,1-2H3/t19-/m1/s1. The molecule has 0 aromatic heterocycles. The molecule has 3 rings (SSSR count). The van der Waals surface area contributed by atoms with E-state index in [1.165, 1.54) is 0 Å². The summed E-state index contributed by atoms with van der Waals surface area (Å²) in [5, 5.41) is 20.1. The molecule has 1 saturated heterocycles. The number of carbonyl (C=O) groups is 4. The van der Waals surface area contributed by atoms with Gasteiger partial charge in [0.05, 0.1) is 17.5 Å². The zero-order chi connectivity index (χ0) is 23.4. The van der Waals surface area contributed by atoms with Crippen molar-refractivity contribution in [1.29, 1.82) is 0 Å². The maximum absolute atomic E-state index is 13.1. The number of esters is 1. The first-order valence-corrected chi connectivity index (χ1v) is 10.6. The summed E-state index contributed by atoms with van der Waals surface area (Å²) in [6.45, 7) is 5.07. The topological polar surface area (TPSA) is 121 Å². The number of benzene rings is 1. The number of allylic oxidation sites excluding steroid dienone is 2. The molecule has 0 saturated carbocycles. The molecule has 0 spiro atoms. The molecule has 0 unspecified atom stereocenters. The van der Waals surface area contributed by atoms with Crippen LogP contribution < -0.4 is 0 Å². The predicted molar refractivity (Wildman–Crippen MR) is 115 cm³/mol. The molecular formula is C24H27NO7. The number of nitrogens with zero attached hydrogens (tertiary/aromatic N) is 1. The smallest absolute Gasteiger partial charge is 0.306 e. The maximum Gasteiger partial charge on any atom is 0.306 e. The second-order valence-electron chi connectivity index (χ2n) is 8.23. The van der Waals surface area contributed by atoms with Gasteiger partial charge in [-0.1, -0.05) is 11.6 Å². The number of phenolic OH excluding ortho intramolecular Hbond substituents is 2. The van der Waals surface area contributed by atoms with Crippen molar-refractivity contribution in [1.82, 2.24) is 4.90 Å². The first kappa shape index (κ1) is 23.2. The molecule has 1 amide bonds. The summed E-state index contributed by atoms with van der Waals surface area (Å²) in [7, 11) is 0. The minimum Gasteiger partial charge on any atom is -0.507 e. The van der Waals surface area contributed by atoms with Crippen molar-refractivity contribution in [2.75, 3.05) is 13.1 Å². The minimum absolute atomic E-state index is 0.0115. The fourth-order valence-corrected chi connectivity index (χ4v) is 3.85. The molecular weight excluding hydrogens is 414 g/mol. The van der Waals surface area contributed by atoms with E-state index >= 15 is 0 Å². The quantitative estimate of drug-likeness (QED) is 0.379. The molecule has 1 heterocycles. The van der Waals surface area contributed by atoms with E-state index in [1.807, 2.05) is 13.8 Å². The number of fused-ring (bicyclic) bond motifs is 1. The van der Waals surface area contributed by atoms with Crippen LogP contribution in [-0.4, -0.2) is 57.7 Å². The van der Waals surface area contributed by atoms with Gasteiger partial charge in [-0.2, -0.15) is 0 Å². The normalized spacial score (nSPS) is 16.3. The second kappa shape index (κ2) is 9.80. The number of likely N-dealkylation sites (tertiary alicyclic amines) is 1. The Balaban J connectivity index is 1.79. The number of carbonyl (C=O) groups excluding carboxylic acids is 4. The molecule has 2 aliphatic rings. The molecule has 0 radical (unpaired) electrons. The summed E-state index contributed by atoms with van der Waals surface area (Å²) in [5.74, 6) is -2.98. The van der Waals surface area contributed by atoms with Gasteiger partial charge in [0.1, 0.15) is 17.6 Å². The molecule has 0 bridgehead atoms. The molecule has 8 nitrogen and oxygen atoms in total. The summed E-state index contributed by atoms with van der Waals surface area (Å²) in [6, 6.07) is 2.26. The van der Waals surface area contributed by atoms with Crippen LogP contribution in [0.1, 0.15) is 66.7 Å². The largest absolute Gasteiger partial charge is 0.507 e. The van der Waals surface area contributed by atoms with Crippen molar-refractivity contribution in [3.8, 4) is 11.5 Å². The number of hydrogen-bond donors (Lipinski definition) is 2. The molecule has 1 aliphatic heterocycles. The van der Waals surface area contributed by atoms with Gasteiger partial charge >= 0.3 is 5.97 Å². The molecule has 1 atom stereocenters. The van der Waals surface area contributed by atoms with E-state index in [1.54, 1.807) is 11.0 Å². The minimum atomic E-state index is -1.06. The molecule has 170 valence electrons. The van der Waals surface area contributed by atoms with Crippen molar-refractivity contribution in [2.45, 2.75) is 52.1 Å². The van der Waals surface area contributed by atoms with Crippen molar-refractivity contribution < 1.29 is 34.1 Å². The fraction of sp³-hybridized carbons (Fsp3) is 0.417. The number of ether oxygens (including phenoxy) is 1. The number of rotatable bonds is 7. The average Bonchev–Trinajstić information content (AvgIpc) is 3.28. The van der Waals surface area contributed by atoms with Gasteiger partial charge in [0.2, 0.25) is 5.91 Å². The molecule has 8 heteroatoms. The Morgan fingerprint density at radius 2 is 1.69 bits per heavy atom. The number of aromatic hydroxyl groups is 2. The van der Waals surface area contributed by atoms with Gasteiger partial charge < -0.3 is 19.8 Å². The highest BCUT2D eigenvalue weighted by Crippen LogP contribution is 2.36. The Bertz CT molecular complexity index is 1010. The zero-order valence-corrected chi connectivity index (χ0v) is 18.2. The third-order valence-corrected chi connectivity index (χ3v) is 5.55. The third-order valence-electron chi connectivity index (χ3n) is 5.55. The Morgan fingerprint density at radius 3 is 2.31 bits per heavy atom. The number of amides is 1. The zero-order valence-electron chi connectivity index (χ0n) is 18.2. The highest BCUT2D eigenvalue weighted by Gasteiger charge is 2.35. The summed E-state index contributed by atoms with van der Waals surface area (Å²) < 4.78 is 5.52.